The van der Waals surface area contributed by atoms with E-state index < -0.39 is 5.82 Å². The fraction of sp³-hybridized carbons (Fsp3) is 0. The topological polar surface area (TPSA) is 30.0 Å². The van der Waals surface area contributed by atoms with E-state index in [4.69, 9.17) is 0 Å². The standard InChI is InChI=1S/C16H9BrFNO/c17-15-12(5-3-6-13(15)18)16(20)11-8-10-4-1-2-7-14(10)19-9-11/h1-9H. The number of para-hydroxylation sites is 1. The first-order valence-electron chi connectivity index (χ1n) is 6.00. The van der Waals surface area contributed by atoms with Gasteiger partial charge >= 0.3 is 0 Å². The molecule has 0 radical (unpaired) electrons. The molecule has 3 rings (SSSR count). The van der Waals surface area contributed by atoms with E-state index in [2.05, 4.69) is 20.9 Å². The molecule has 0 bridgehead atoms. The van der Waals surface area contributed by atoms with Crippen LogP contribution in [0.1, 0.15) is 15.9 Å². The van der Waals surface area contributed by atoms with Gasteiger partial charge in [0.1, 0.15) is 5.82 Å². The zero-order valence-electron chi connectivity index (χ0n) is 10.3. The molecule has 0 amide bonds. The second-order valence-electron chi connectivity index (χ2n) is 4.35. The van der Waals surface area contributed by atoms with E-state index in [1.807, 2.05) is 24.3 Å². The Kier molecular flexibility index (Phi) is 3.32. The summed E-state index contributed by atoms with van der Waals surface area (Å²) in [6, 6.07) is 13.7. The van der Waals surface area contributed by atoms with E-state index in [0.29, 0.717) is 11.1 Å². The van der Waals surface area contributed by atoms with E-state index in [1.54, 1.807) is 12.1 Å². The quantitative estimate of drug-likeness (QED) is 0.653. The number of carbonyl (C=O) groups excluding carboxylic acids is 1. The molecular weight excluding hydrogens is 321 g/mol. The molecule has 2 nitrogen and oxygen atoms in total. The van der Waals surface area contributed by atoms with Crippen molar-refractivity contribution >= 4 is 32.6 Å². The Bertz CT molecular complexity index is 816. The van der Waals surface area contributed by atoms with Crippen molar-refractivity contribution in [2.75, 3.05) is 0 Å². The second-order valence-corrected chi connectivity index (χ2v) is 5.14. The van der Waals surface area contributed by atoms with E-state index in [1.165, 1.54) is 18.3 Å². The Labute approximate surface area is 123 Å². The summed E-state index contributed by atoms with van der Waals surface area (Å²) in [6.07, 6.45) is 1.52. The first-order chi connectivity index (χ1) is 9.66. The molecule has 0 unspecified atom stereocenters. The number of rotatable bonds is 2. The van der Waals surface area contributed by atoms with Crippen LogP contribution in [0.3, 0.4) is 0 Å². The van der Waals surface area contributed by atoms with Gasteiger partial charge in [-0.15, -0.1) is 0 Å². The van der Waals surface area contributed by atoms with Crippen molar-refractivity contribution in [3.63, 3.8) is 0 Å². The highest BCUT2D eigenvalue weighted by Crippen LogP contribution is 2.24. The molecule has 0 aliphatic rings. The maximum atomic E-state index is 13.5. The fourth-order valence-corrected chi connectivity index (χ4v) is 2.47. The van der Waals surface area contributed by atoms with Crippen LogP contribution in [-0.2, 0) is 0 Å². The number of ketones is 1. The van der Waals surface area contributed by atoms with Crippen LogP contribution in [0, 0.1) is 5.82 Å². The van der Waals surface area contributed by atoms with E-state index in [0.717, 1.165) is 10.9 Å². The summed E-state index contributed by atoms with van der Waals surface area (Å²) < 4.78 is 13.7. The van der Waals surface area contributed by atoms with Crippen molar-refractivity contribution in [1.29, 1.82) is 0 Å². The molecule has 0 aliphatic carbocycles. The lowest BCUT2D eigenvalue weighted by Crippen LogP contribution is -2.04. The van der Waals surface area contributed by atoms with Gasteiger partial charge in [-0.25, -0.2) is 4.39 Å². The van der Waals surface area contributed by atoms with Crippen LogP contribution in [0.15, 0.2) is 59.2 Å². The highest BCUT2D eigenvalue weighted by atomic mass is 79.9. The Hall–Kier alpha value is -2.07. The molecule has 1 heterocycles. The largest absolute Gasteiger partial charge is 0.289 e. The van der Waals surface area contributed by atoms with Gasteiger partial charge in [0.25, 0.3) is 0 Å². The molecule has 1 aromatic heterocycles. The Morgan fingerprint density at radius 3 is 2.75 bits per heavy atom. The molecule has 0 aliphatic heterocycles. The third kappa shape index (κ3) is 2.23. The molecule has 2 aromatic carbocycles. The van der Waals surface area contributed by atoms with Crippen LogP contribution in [0.4, 0.5) is 4.39 Å². The average molecular weight is 330 g/mol. The van der Waals surface area contributed by atoms with Gasteiger partial charge in [-0.1, -0.05) is 24.3 Å². The number of halogens is 2. The van der Waals surface area contributed by atoms with Crippen molar-refractivity contribution in [2.24, 2.45) is 0 Å². The zero-order chi connectivity index (χ0) is 14.1. The normalized spacial score (nSPS) is 10.7. The molecule has 0 atom stereocenters. The number of hydrogen-bond acceptors (Lipinski definition) is 2. The lowest BCUT2D eigenvalue weighted by atomic mass is 10.0. The van der Waals surface area contributed by atoms with Gasteiger partial charge in [-0.05, 0) is 40.2 Å². The lowest BCUT2D eigenvalue weighted by molar-refractivity contribution is 0.103. The van der Waals surface area contributed by atoms with Crippen molar-refractivity contribution in [2.45, 2.75) is 0 Å². The number of benzene rings is 2. The van der Waals surface area contributed by atoms with Gasteiger partial charge in [0.15, 0.2) is 5.78 Å². The highest BCUT2D eigenvalue weighted by molar-refractivity contribution is 9.10. The summed E-state index contributed by atoms with van der Waals surface area (Å²) >= 11 is 3.11. The van der Waals surface area contributed by atoms with Gasteiger partial charge in [0.05, 0.1) is 9.99 Å². The predicted molar refractivity (Wildman–Crippen MR) is 79.3 cm³/mol. The number of pyridine rings is 1. The summed E-state index contributed by atoms with van der Waals surface area (Å²) in [4.78, 5) is 16.7. The summed E-state index contributed by atoms with van der Waals surface area (Å²) in [6.45, 7) is 0. The fourth-order valence-electron chi connectivity index (χ4n) is 2.03. The van der Waals surface area contributed by atoms with Crippen LogP contribution < -0.4 is 0 Å². The summed E-state index contributed by atoms with van der Waals surface area (Å²) in [5.41, 5.74) is 1.56. The van der Waals surface area contributed by atoms with E-state index in [9.17, 15) is 9.18 Å². The zero-order valence-corrected chi connectivity index (χ0v) is 11.9. The van der Waals surface area contributed by atoms with Crippen LogP contribution in [0.2, 0.25) is 0 Å². The minimum absolute atomic E-state index is 0.179. The van der Waals surface area contributed by atoms with E-state index in [-0.39, 0.29) is 10.3 Å². The third-order valence-electron chi connectivity index (χ3n) is 3.05. The molecule has 0 saturated heterocycles. The Morgan fingerprint density at radius 1 is 1.10 bits per heavy atom. The van der Waals surface area contributed by atoms with Crippen LogP contribution in [0.5, 0.6) is 0 Å². The second kappa shape index (κ2) is 5.13. The highest BCUT2D eigenvalue weighted by Gasteiger charge is 2.15. The number of fused-ring (bicyclic) bond motifs is 1. The maximum absolute atomic E-state index is 13.5. The SMILES string of the molecule is O=C(c1cnc2ccccc2c1)c1cccc(F)c1Br. The molecule has 0 spiro atoms. The Balaban J connectivity index is 2.10. The molecule has 0 N–H and O–H groups in total. The smallest absolute Gasteiger partial charge is 0.195 e. The maximum Gasteiger partial charge on any atom is 0.195 e. The van der Waals surface area contributed by atoms with Crippen molar-refractivity contribution in [3.8, 4) is 0 Å². The van der Waals surface area contributed by atoms with Gasteiger partial charge in [-0.2, -0.15) is 0 Å². The molecule has 20 heavy (non-hydrogen) atoms. The minimum Gasteiger partial charge on any atom is -0.289 e. The van der Waals surface area contributed by atoms with Crippen molar-refractivity contribution < 1.29 is 9.18 Å². The molecule has 0 fully saturated rings. The first kappa shape index (κ1) is 12.9. The summed E-state index contributed by atoms with van der Waals surface area (Å²) in [5, 5.41) is 0.880. The average Bonchev–Trinajstić information content (AvgIpc) is 2.49. The number of aromatic nitrogens is 1. The Morgan fingerprint density at radius 2 is 1.90 bits per heavy atom. The van der Waals surface area contributed by atoms with Gasteiger partial charge in [-0.3, -0.25) is 9.78 Å². The van der Waals surface area contributed by atoms with E-state index >= 15 is 0 Å². The van der Waals surface area contributed by atoms with Gasteiger partial charge in [0, 0.05) is 22.7 Å². The molecule has 98 valence electrons. The number of nitrogens with zero attached hydrogens (tertiary/aromatic N) is 1. The van der Waals surface area contributed by atoms with Crippen LogP contribution in [-0.4, -0.2) is 10.8 Å². The predicted octanol–water partition coefficient (Wildman–Crippen LogP) is 4.37. The van der Waals surface area contributed by atoms with Crippen LogP contribution >= 0.6 is 15.9 Å². The monoisotopic (exact) mass is 329 g/mol. The third-order valence-corrected chi connectivity index (χ3v) is 3.85. The minimum atomic E-state index is -0.454. The van der Waals surface area contributed by atoms with Crippen LogP contribution in [0.25, 0.3) is 10.9 Å². The van der Waals surface area contributed by atoms with Gasteiger partial charge < -0.3 is 0 Å². The lowest BCUT2D eigenvalue weighted by Gasteiger charge is -2.05. The molecule has 3 aromatic rings. The number of carbonyl (C=O) groups is 1. The number of hydrogen-bond donors (Lipinski definition) is 0. The summed E-state index contributed by atoms with van der Waals surface area (Å²) in [7, 11) is 0. The van der Waals surface area contributed by atoms with Crippen molar-refractivity contribution in [1.82, 2.24) is 4.98 Å². The molecule has 0 saturated carbocycles. The first-order valence-corrected chi connectivity index (χ1v) is 6.79. The molecule has 4 heteroatoms. The molecular formula is C16H9BrFNO. The summed E-state index contributed by atoms with van der Waals surface area (Å²) in [5.74, 6) is -0.709. The van der Waals surface area contributed by atoms with Crippen molar-refractivity contribution in [3.05, 3.63) is 76.1 Å². The van der Waals surface area contributed by atoms with Gasteiger partial charge in [0.2, 0.25) is 0 Å².